The molecule has 1 aliphatic carbocycles. The predicted molar refractivity (Wildman–Crippen MR) is 53.2 cm³/mol. The molecule has 72 valence electrons. The van der Waals surface area contributed by atoms with Crippen molar-refractivity contribution in [2.24, 2.45) is 0 Å². The van der Waals surface area contributed by atoms with E-state index >= 15 is 0 Å². The van der Waals surface area contributed by atoms with Crippen molar-refractivity contribution in [2.75, 3.05) is 13.2 Å². The lowest BCUT2D eigenvalue weighted by atomic mass is 9.83. The second-order valence-corrected chi connectivity index (χ2v) is 3.62. The highest BCUT2D eigenvalue weighted by Gasteiger charge is 2.33. The Bertz CT molecular complexity index is 109. The van der Waals surface area contributed by atoms with E-state index < -0.39 is 0 Å². The molecule has 0 aromatic rings. The second-order valence-electron chi connectivity index (χ2n) is 3.62. The number of rotatable bonds is 0. The van der Waals surface area contributed by atoms with E-state index in [0.717, 1.165) is 6.67 Å². The van der Waals surface area contributed by atoms with Crippen LogP contribution in [0.1, 0.15) is 46.0 Å². The summed E-state index contributed by atoms with van der Waals surface area (Å²) in [6.07, 6.45) is 7.08. The molecule has 0 unspecified atom stereocenters. The van der Waals surface area contributed by atoms with Crippen molar-refractivity contribution in [3.8, 4) is 0 Å². The van der Waals surface area contributed by atoms with Gasteiger partial charge in [0.05, 0.1) is 0 Å². The average Bonchev–Trinajstić information content (AvgIpc) is 2.58. The molecule has 2 nitrogen and oxygen atoms in total. The second kappa shape index (κ2) is 4.83. The molecule has 0 bridgehead atoms. The Morgan fingerprint density at radius 3 is 2.17 bits per heavy atom. The van der Waals surface area contributed by atoms with E-state index in [2.05, 4.69) is 10.6 Å². The molecular weight excluding hydrogens is 148 g/mol. The van der Waals surface area contributed by atoms with Crippen molar-refractivity contribution in [1.82, 2.24) is 10.6 Å². The van der Waals surface area contributed by atoms with Crippen LogP contribution in [0.15, 0.2) is 0 Å². The van der Waals surface area contributed by atoms with E-state index in [0.29, 0.717) is 5.54 Å². The number of hydrogen-bond acceptors (Lipinski definition) is 2. The zero-order valence-electron chi connectivity index (χ0n) is 8.45. The van der Waals surface area contributed by atoms with Gasteiger partial charge in [-0.05, 0) is 12.8 Å². The molecule has 2 fully saturated rings. The minimum absolute atomic E-state index is 0.512. The van der Waals surface area contributed by atoms with E-state index in [1.54, 1.807) is 0 Å². The van der Waals surface area contributed by atoms with Gasteiger partial charge in [0.25, 0.3) is 0 Å². The van der Waals surface area contributed by atoms with Crippen molar-refractivity contribution in [3.05, 3.63) is 0 Å². The van der Waals surface area contributed by atoms with E-state index in [1.807, 2.05) is 13.8 Å². The van der Waals surface area contributed by atoms with Crippen molar-refractivity contribution in [2.45, 2.75) is 51.5 Å². The predicted octanol–water partition coefficient (Wildman–Crippen LogP) is 1.87. The van der Waals surface area contributed by atoms with E-state index in [1.165, 1.54) is 38.6 Å². The quantitative estimate of drug-likeness (QED) is 0.580. The summed E-state index contributed by atoms with van der Waals surface area (Å²) < 4.78 is 0. The van der Waals surface area contributed by atoms with Gasteiger partial charge in [-0.15, -0.1) is 0 Å². The molecule has 2 aliphatic rings. The smallest absolute Gasteiger partial charge is 0.0459 e. The highest BCUT2D eigenvalue weighted by atomic mass is 15.2. The molecule has 1 heterocycles. The molecule has 2 N–H and O–H groups in total. The first-order chi connectivity index (χ1) is 5.91. The first-order valence-corrected chi connectivity index (χ1v) is 5.37. The normalized spacial score (nSPS) is 26.5. The average molecular weight is 170 g/mol. The van der Waals surface area contributed by atoms with Gasteiger partial charge in [-0.2, -0.15) is 0 Å². The number of nitrogens with one attached hydrogen (secondary N) is 2. The topological polar surface area (TPSA) is 24.1 Å². The highest BCUT2D eigenvalue weighted by molar-refractivity contribution is 4.95. The SMILES string of the molecule is C1CCC2(CC1)CNCN2.CC. The van der Waals surface area contributed by atoms with Crippen LogP contribution >= 0.6 is 0 Å². The summed E-state index contributed by atoms with van der Waals surface area (Å²) in [5.74, 6) is 0. The molecule has 2 heteroatoms. The molecule has 1 aliphatic heterocycles. The van der Waals surface area contributed by atoms with Gasteiger partial charge >= 0.3 is 0 Å². The Balaban J connectivity index is 0.000000336. The fraction of sp³-hybridized carbons (Fsp3) is 1.00. The lowest BCUT2D eigenvalue weighted by Crippen LogP contribution is -2.43. The maximum absolute atomic E-state index is 3.56. The lowest BCUT2D eigenvalue weighted by molar-refractivity contribution is 0.279. The van der Waals surface area contributed by atoms with Crippen molar-refractivity contribution in [1.29, 1.82) is 0 Å². The van der Waals surface area contributed by atoms with Gasteiger partial charge in [0.15, 0.2) is 0 Å². The molecule has 0 amide bonds. The highest BCUT2D eigenvalue weighted by Crippen LogP contribution is 2.28. The molecule has 2 rings (SSSR count). The van der Waals surface area contributed by atoms with Crippen LogP contribution in [0, 0.1) is 0 Å². The fourth-order valence-electron chi connectivity index (χ4n) is 2.20. The van der Waals surface area contributed by atoms with Crippen LogP contribution in [0.25, 0.3) is 0 Å². The first-order valence-electron chi connectivity index (χ1n) is 5.37. The Morgan fingerprint density at radius 1 is 1.00 bits per heavy atom. The Hall–Kier alpha value is -0.0800. The Morgan fingerprint density at radius 2 is 1.67 bits per heavy atom. The summed E-state index contributed by atoms with van der Waals surface area (Å²) in [5.41, 5.74) is 0.512. The minimum atomic E-state index is 0.512. The standard InChI is InChI=1S/C8H16N2.C2H6/c1-2-4-8(5-3-1)6-9-7-10-8;1-2/h9-10H,1-7H2;1-2H3. The molecule has 0 radical (unpaired) electrons. The fourth-order valence-corrected chi connectivity index (χ4v) is 2.20. The van der Waals surface area contributed by atoms with E-state index in [-0.39, 0.29) is 0 Å². The van der Waals surface area contributed by atoms with Gasteiger partial charge in [-0.3, -0.25) is 5.32 Å². The zero-order valence-corrected chi connectivity index (χ0v) is 8.45. The van der Waals surface area contributed by atoms with Crippen molar-refractivity contribution < 1.29 is 0 Å². The van der Waals surface area contributed by atoms with Gasteiger partial charge in [-0.1, -0.05) is 33.1 Å². The van der Waals surface area contributed by atoms with Crippen LogP contribution in [0.4, 0.5) is 0 Å². The summed E-state index contributed by atoms with van der Waals surface area (Å²) in [5, 5.41) is 6.93. The first kappa shape index (κ1) is 10.0. The molecule has 0 aromatic carbocycles. The molecule has 12 heavy (non-hydrogen) atoms. The Kier molecular flexibility index (Phi) is 4.02. The van der Waals surface area contributed by atoms with Gasteiger partial charge in [-0.25, -0.2) is 0 Å². The maximum Gasteiger partial charge on any atom is 0.0459 e. The molecule has 1 saturated carbocycles. The maximum atomic E-state index is 3.56. The van der Waals surface area contributed by atoms with Crippen molar-refractivity contribution in [3.63, 3.8) is 0 Å². The largest absolute Gasteiger partial charge is 0.303 e. The van der Waals surface area contributed by atoms with Gasteiger partial charge in [0.1, 0.15) is 0 Å². The third-order valence-corrected chi connectivity index (χ3v) is 2.86. The summed E-state index contributed by atoms with van der Waals surface area (Å²) in [7, 11) is 0. The molecule has 1 spiro atoms. The van der Waals surface area contributed by atoms with Gasteiger partial charge in [0.2, 0.25) is 0 Å². The zero-order chi connectivity index (χ0) is 8.86. The van der Waals surface area contributed by atoms with E-state index in [9.17, 15) is 0 Å². The molecular formula is C10H22N2. The summed E-state index contributed by atoms with van der Waals surface area (Å²) in [4.78, 5) is 0. The van der Waals surface area contributed by atoms with Crippen LogP contribution in [0.3, 0.4) is 0 Å². The van der Waals surface area contributed by atoms with Crippen LogP contribution in [-0.4, -0.2) is 18.8 Å². The summed E-state index contributed by atoms with van der Waals surface area (Å²) in [6.45, 7) is 6.23. The van der Waals surface area contributed by atoms with Crippen LogP contribution in [0.5, 0.6) is 0 Å². The van der Waals surface area contributed by atoms with E-state index in [4.69, 9.17) is 0 Å². The summed E-state index contributed by atoms with van der Waals surface area (Å²) >= 11 is 0. The molecule has 0 aromatic heterocycles. The van der Waals surface area contributed by atoms with Gasteiger partial charge < -0.3 is 5.32 Å². The van der Waals surface area contributed by atoms with Gasteiger partial charge in [0, 0.05) is 18.8 Å². The third kappa shape index (κ3) is 2.20. The summed E-state index contributed by atoms with van der Waals surface area (Å²) in [6, 6.07) is 0. The minimum Gasteiger partial charge on any atom is -0.303 e. The molecule has 0 atom stereocenters. The molecule has 1 saturated heterocycles. The van der Waals surface area contributed by atoms with Crippen LogP contribution in [-0.2, 0) is 0 Å². The monoisotopic (exact) mass is 170 g/mol. The van der Waals surface area contributed by atoms with Crippen LogP contribution in [0.2, 0.25) is 0 Å². The number of hydrogen-bond donors (Lipinski definition) is 2. The third-order valence-electron chi connectivity index (χ3n) is 2.86. The Labute approximate surface area is 76.1 Å². The van der Waals surface area contributed by atoms with Crippen LogP contribution < -0.4 is 10.6 Å². The lowest BCUT2D eigenvalue weighted by Gasteiger charge is -2.32. The van der Waals surface area contributed by atoms with Crippen molar-refractivity contribution >= 4 is 0 Å².